The quantitative estimate of drug-likeness (QED) is 0.747. The van der Waals surface area contributed by atoms with Gasteiger partial charge < -0.3 is 4.57 Å². The largest absolute Gasteiger partial charge is 0.320 e. The van der Waals surface area contributed by atoms with Crippen molar-refractivity contribution in [2.45, 2.75) is 0 Å². The molecule has 0 saturated heterocycles. The monoisotopic (exact) mass is 330 g/mol. The number of anilines is 1. The van der Waals surface area contributed by atoms with Gasteiger partial charge in [0, 0.05) is 23.8 Å². The smallest absolute Gasteiger partial charge is 0.257 e. The van der Waals surface area contributed by atoms with Crippen molar-refractivity contribution in [3.05, 3.63) is 65.2 Å². The third-order valence-electron chi connectivity index (χ3n) is 3.19. The van der Waals surface area contributed by atoms with Gasteiger partial charge in [-0.1, -0.05) is 17.7 Å². The van der Waals surface area contributed by atoms with E-state index in [-0.39, 0.29) is 5.91 Å². The molecule has 3 aromatic rings. The van der Waals surface area contributed by atoms with Crippen molar-refractivity contribution in [1.82, 2.24) is 14.5 Å². The molecule has 1 N–H and O–H groups in total. The number of hydrogen-bond acceptors (Lipinski definition) is 3. The Morgan fingerprint density at radius 1 is 1.13 bits per heavy atom. The predicted octanol–water partition coefficient (Wildman–Crippen LogP) is 3.53. The van der Waals surface area contributed by atoms with E-state index in [0.717, 1.165) is 0 Å². The lowest BCUT2D eigenvalue weighted by molar-refractivity contribution is 0.102. The highest BCUT2D eigenvalue weighted by Crippen LogP contribution is 2.19. The summed E-state index contributed by atoms with van der Waals surface area (Å²) in [6.45, 7) is 0. The van der Waals surface area contributed by atoms with Gasteiger partial charge in [0.25, 0.3) is 5.91 Å². The van der Waals surface area contributed by atoms with Crippen molar-refractivity contribution in [3.63, 3.8) is 0 Å². The van der Waals surface area contributed by atoms with E-state index in [2.05, 4.69) is 15.3 Å². The van der Waals surface area contributed by atoms with Gasteiger partial charge in [-0.2, -0.15) is 4.39 Å². The van der Waals surface area contributed by atoms with Gasteiger partial charge in [0.2, 0.25) is 11.9 Å². The number of carbonyl (C=O) groups excluding carboxylic acids is 1. The van der Waals surface area contributed by atoms with Crippen molar-refractivity contribution in [1.29, 1.82) is 0 Å². The molecule has 116 valence electrons. The van der Waals surface area contributed by atoms with Crippen LogP contribution in [0.15, 0.2) is 48.7 Å². The molecule has 1 aromatic carbocycles. The van der Waals surface area contributed by atoms with Gasteiger partial charge in [-0.15, -0.1) is 0 Å². The van der Waals surface area contributed by atoms with Crippen LogP contribution >= 0.6 is 11.6 Å². The fraction of sp³-hybridized carbons (Fsp3) is 0.0625. The summed E-state index contributed by atoms with van der Waals surface area (Å²) < 4.78 is 14.8. The molecule has 3 rings (SSSR count). The Bertz CT molecular complexity index is 861. The molecule has 0 atom stereocenters. The van der Waals surface area contributed by atoms with E-state index in [1.807, 2.05) is 0 Å². The number of amides is 1. The van der Waals surface area contributed by atoms with Gasteiger partial charge in [-0.25, -0.2) is 9.97 Å². The maximum Gasteiger partial charge on any atom is 0.257 e. The van der Waals surface area contributed by atoms with E-state index in [1.165, 1.54) is 6.07 Å². The number of halogens is 2. The van der Waals surface area contributed by atoms with Crippen molar-refractivity contribution in [2.24, 2.45) is 7.05 Å². The Labute approximate surface area is 136 Å². The van der Waals surface area contributed by atoms with Crippen LogP contribution < -0.4 is 5.32 Å². The Hall–Kier alpha value is -2.73. The molecule has 0 fully saturated rings. The van der Waals surface area contributed by atoms with Crippen molar-refractivity contribution in [3.8, 4) is 11.4 Å². The first-order valence-electron chi connectivity index (χ1n) is 6.76. The van der Waals surface area contributed by atoms with Crippen molar-refractivity contribution < 1.29 is 9.18 Å². The molecular weight excluding hydrogens is 319 g/mol. The van der Waals surface area contributed by atoms with Crippen LogP contribution in [0.5, 0.6) is 0 Å². The SMILES string of the molecule is Cn1cc(-c2cccc(F)n2)nc1NC(=O)c1ccc(Cl)cc1. The van der Waals surface area contributed by atoms with Crippen LogP contribution in [-0.4, -0.2) is 20.4 Å². The molecule has 0 spiro atoms. The van der Waals surface area contributed by atoms with Crippen molar-refractivity contribution >= 4 is 23.5 Å². The van der Waals surface area contributed by atoms with E-state index in [1.54, 1.807) is 54.2 Å². The van der Waals surface area contributed by atoms with Crippen LogP contribution in [0.25, 0.3) is 11.4 Å². The number of benzene rings is 1. The van der Waals surface area contributed by atoms with Crippen molar-refractivity contribution in [2.75, 3.05) is 5.32 Å². The van der Waals surface area contributed by atoms with Gasteiger partial charge in [-0.05, 0) is 36.4 Å². The third kappa shape index (κ3) is 3.37. The molecule has 5 nitrogen and oxygen atoms in total. The number of hydrogen-bond donors (Lipinski definition) is 1. The summed E-state index contributed by atoms with van der Waals surface area (Å²) in [5.74, 6) is -0.556. The minimum Gasteiger partial charge on any atom is -0.320 e. The minimum atomic E-state index is -0.583. The average molecular weight is 331 g/mol. The lowest BCUT2D eigenvalue weighted by atomic mass is 10.2. The summed E-state index contributed by atoms with van der Waals surface area (Å²) in [4.78, 5) is 20.2. The number of nitrogens with zero attached hydrogens (tertiary/aromatic N) is 3. The highest BCUT2D eigenvalue weighted by molar-refractivity contribution is 6.30. The second-order valence-corrected chi connectivity index (χ2v) is 5.30. The topological polar surface area (TPSA) is 59.8 Å². The lowest BCUT2D eigenvalue weighted by Crippen LogP contribution is -2.14. The summed E-state index contributed by atoms with van der Waals surface area (Å²) in [5, 5.41) is 3.25. The predicted molar refractivity (Wildman–Crippen MR) is 85.8 cm³/mol. The zero-order valence-corrected chi connectivity index (χ0v) is 12.9. The van der Waals surface area contributed by atoms with Gasteiger partial charge in [0.1, 0.15) is 5.69 Å². The summed E-state index contributed by atoms with van der Waals surface area (Å²) in [7, 11) is 1.73. The fourth-order valence-electron chi connectivity index (χ4n) is 2.03. The van der Waals surface area contributed by atoms with E-state index >= 15 is 0 Å². The summed E-state index contributed by atoms with van der Waals surface area (Å²) in [5.41, 5.74) is 1.33. The summed E-state index contributed by atoms with van der Waals surface area (Å²) >= 11 is 5.80. The molecule has 0 aliphatic rings. The maximum absolute atomic E-state index is 13.2. The summed E-state index contributed by atoms with van der Waals surface area (Å²) in [6, 6.07) is 11.0. The molecule has 7 heteroatoms. The molecular formula is C16H12ClFN4O. The Kier molecular flexibility index (Phi) is 4.08. The van der Waals surface area contributed by atoms with E-state index in [4.69, 9.17) is 11.6 Å². The van der Waals surface area contributed by atoms with Gasteiger partial charge in [0.05, 0.1) is 5.69 Å². The molecule has 2 aromatic heterocycles. The first kappa shape index (κ1) is 15.2. The highest BCUT2D eigenvalue weighted by atomic mass is 35.5. The zero-order valence-electron chi connectivity index (χ0n) is 12.1. The average Bonchev–Trinajstić information content (AvgIpc) is 2.89. The molecule has 23 heavy (non-hydrogen) atoms. The number of rotatable bonds is 3. The number of pyridine rings is 1. The van der Waals surface area contributed by atoms with E-state index in [9.17, 15) is 9.18 Å². The molecule has 0 saturated carbocycles. The molecule has 0 aliphatic heterocycles. The van der Waals surface area contributed by atoms with Gasteiger partial charge >= 0.3 is 0 Å². The Morgan fingerprint density at radius 3 is 2.57 bits per heavy atom. The summed E-state index contributed by atoms with van der Waals surface area (Å²) in [6.07, 6.45) is 1.67. The first-order chi connectivity index (χ1) is 11.0. The highest BCUT2D eigenvalue weighted by Gasteiger charge is 2.13. The normalized spacial score (nSPS) is 10.6. The van der Waals surface area contributed by atoms with E-state index < -0.39 is 5.95 Å². The van der Waals surface area contributed by atoms with Crippen LogP contribution in [0.1, 0.15) is 10.4 Å². The van der Waals surface area contributed by atoms with Crippen LogP contribution in [-0.2, 0) is 7.05 Å². The number of carbonyl (C=O) groups is 1. The van der Waals surface area contributed by atoms with Crippen LogP contribution in [0.3, 0.4) is 0 Å². The third-order valence-corrected chi connectivity index (χ3v) is 3.44. The molecule has 2 heterocycles. The second-order valence-electron chi connectivity index (χ2n) is 4.87. The molecule has 0 unspecified atom stereocenters. The number of nitrogens with one attached hydrogen (secondary N) is 1. The Balaban J connectivity index is 1.84. The number of aryl methyl sites for hydroxylation is 1. The Morgan fingerprint density at radius 2 is 1.87 bits per heavy atom. The zero-order chi connectivity index (χ0) is 16.4. The second kappa shape index (κ2) is 6.18. The molecule has 0 bridgehead atoms. The fourth-order valence-corrected chi connectivity index (χ4v) is 2.16. The maximum atomic E-state index is 13.2. The minimum absolute atomic E-state index is 0.311. The van der Waals surface area contributed by atoms with Crippen LogP contribution in [0, 0.1) is 5.95 Å². The molecule has 0 radical (unpaired) electrons. The standard InChI is InChI=1S/C16H12ClFN4O/c1-22-9-13(12-3-2-4-14(18)19-12)20-16(22)21-15(23)10-5-7-11(17)8-6-10/h2-9H,1H3,(H,20,21,23). The van der Waals surface area contributed by atoms with Gasteiger partial charge in [0.15, 0.2) is 0 Å². The number of aromatic nitrogens is 3. The van der Waals surface area contributed by atoms with Crippen LogP contribution in [0.4, 0.5) is 10.3 Å². The van der Waals surface area contributed by atoms with E-state index in [0.29, 0.717) is 27.9 Å². The molecule has 1 amide bonds. The van der Waals surface area contributed by atoms with Crippen LogP contribution in [0.2, 0.25) is 5.02 Å². The first-order valence-corrected chi connectivity index (χ1v) is 7.14. The lowest BCUT2D eigenvalue weighted by Gasteiger charge is -2.04. The number of imidazole rings is 1. The van der Waals surface area contributed by atoms with Gasteiger partial charge in [-0.3, -0.25) is 10.1 Å². The molecule has 0 aliphatic carbocycles.